The van der Waals surface area contributed by atoms with Crippen molar-refractivity contribution in [2.24, 2.45) is 0 Å². The maximum atomic E-state index is 10.4. The van der Waals surface area contributed by atoms with Crippen molar-refractivity contribution in [2.75, 3.05) is 6.61 Å². The molecule has 0 aromatic heterocycles. The van der Waals surface area contributed by atoms with Crippen LogP contribution in [0.3, 0.4) is 0 Å². The van der Waals surface area contributed by atoms with Crippen LogP contribution in [0.25, 0.3) is 0 Å². The number of carbonyl (C=O) groups excluding carboxylic acids is 1. The lowest BCUT2D eigenvalue weighted by Gasteiger charge is -2.02. The quantitative estimate of drug-likeness (QED) is 0.545. The smallest absolute Gasteiger partial charge is 0.151 e. The monoisotopic (exact) mass is 194 g/mol. The number of hydrogen-bond acceptors (Lipinski definition) is 2. The van der Waals surface area contributed by atoms with E-state index in [0.29, 0.717) is 22.6 Å². The minimum absolute atomic E-state index is 0.191. The molecule has 0 amide bonds. The van der Waals surface area contributed by atoms with Gasteiger partial charge in [0.25, 0.3) is 0 Å². The average molecular weight is 195 g/mol. The van der Waals surface area contributed by atoms with Crippen molar-refractivity contribution in [3.05, 3.63) is 28.8 Å². The summed E-state index contributed by atoms with van der Waals surface area (Å²) in [4.78, 5) is 10.4. The van der Waals surface area contributed by atoms with E-state index in [1.54, 1.807) is 18.2 Å². The molecule has 3 heteroatoms. The molecule has 0 atom stereocenters. The number of terminal acetylenes is 1. The Balaban J connectivity index is 2.84. The zero-order valence-corrected chi connectivity index (χ0v) is 7.54. The number of rotatable bonds is 3. The molecule has 13 heavy (non-hydrogen) atoms. The van der Waals surface area contributed by atoms with Gasteiger partial charge in [-0.15, -0.1) is 6.42 Å². The van der Waals surface area contributed by atoms with Crippen molar-refractivity contribution in [1.29, 1.82) is 0 Å². The van der Waals surface area contributed by atoms with E-state index in [9.17, 15) is 4.79 Å². The summed E-state index contributed by atoms with van der Waals surface area (Å²) in [6, 6.07) is 4.79. The number of benzene rings is 1. The van der Waals surface area contributed by atoms with Crippen molar-refractivity contribution in [3.63, 3.8) is 0 Å². The fourth-order valence-electron chi connectivity index (χ4n) is 0.818. The van der Waals surface area contributed by atoms with Gasteiger partial charge in [0.05, 0.1) is 5.02 Å². The summed E-state index contributed by atoms with van der Waals surface area (Å²) in [6.45, 7) is 0.191. The van der Waals surface area contributed by atoms with Crippen LogP contribution in [0.15, 0.2) is 18.2 Å². The van der Waals surface area contributed by atoms with Gasteiger partial charge >= 0.3 is 0 Å². The van der Waals surface area contributed by atoms with E-state index in [1.165, 1.54) is 0 Å². The normalized spacial score (nSPS) is 8.92. The van der Waals surface area contributed by atoms with Gasteiger partial charge in [-0.05, 0) is 18.2 Å². The molecule has 0 N–H and O–H groups in total. The first kappa shape index (κ1) is 9.63. The van der Waals surface area contributed by atoms with Crippen LogP contribution in [0.1, 0.15) is 10.4 Å². The predicted molar refractivity (Wildman–Crippen MR) is 51.2 cm³/mol. The second-order valence-electron chi connectivity index (χ2n) is 2.29. The molecule has 0 bridgehead atoms. The van der Waals surface area contributed by atoms with Gasteiger partial charge in [0.2, 0.25) is 0 Å². The molecule has 0 radical (unpaired) electrons. The maximum Gasteiger partial charge on any atom is 0.151 e. The van der Waals surface area contributed by atoms with Crippen molar-refractivity contribution >= 4 is 17.9 Å². The highest BCUT2D eigenvalue weighted by molar-refractivity contribution is 6.33. The molecule has 1 aromatic carbocycles. The predicted octanol–water partition coefficient (Wildman–Crippen LogP) is 2.16. The van der Waals surface area contributed by atoms with Gasteiger partial charge in [0.1, 0.15) is 12.4 Å². The van der Waals surface area contributed by atoms with E-state index in [4.69, 9.17) is 22.8 Å². The molecule has 66 valence electrons. The van der Waals surface area contributed by atoms with Gasteiger partial charge in [-0.1, -0.05) is 17.5 Å². The molecule has 0 spiro atoms. The number of ether oxygens (including phenoxy) is 1. The second kappa shape index (κ2) is 4.54. The fraction of sp³-hybridized carbons (Fsp3) is 0.100. The number of hydrogen-bond donors (Lipinski definition) is 0. The Hall–Kier alpha value is -1.46. The van der Waals surface area contributed by atoms with Crippen LogP contribution in [0.5, 0.6) is 5.75 Å². The SMILES string of the molecule is C#CCOc1ccc(C=O)c(Cl)c1. The molecule has 0 aliphatic carbocycles. The molecule has 0 aliphatic rings. The Bertz CT molecular complexity index is 352. The molecule has 0 unspecified atom stereocenters. The van der Waals surface area contributed by atoms with Crippen LogP contribution in [-0.4, -0.2) is 12.9 Å². The lowest BCUT2D eigenvalue weighted by atomic mass is 10.2. The van der Waals surface area contributed by atoms with Crippen molar-refractivity contribution < 1.29 is 9.53 Å². The van der Waals surface area contributed by atoms with E-state index in [1.807, 2.05) is 0 Å². The standard InChI is InChI=1S/C10H7ClO2/c1-2-5-13-9-4-3-8(7-12)10(11)6-9/h1,3-4,6-7H,5H2. The summed E-state index contributed by atoms with van der Waals surface area (Å²) in [5.41, 5.74) is 0.440. The van der Waals surface area contributed by atoms with Crippen molar-refractivity contribution in [3.8, 4) is 18.1 Å². The molecule has 1 rings (SSSR count). The summed E-state index contributed by atoms with van der Waals surface area (Å²) in [6.07, 6.45) is 5.69. The van der Waals surface area contributed by atoms with Crippen LogP contribution < -0.4 is 4.74 Å². The first-order valence-electron chi connectivity index (χ1n) is 3.59. The molecular weight excluding hydrogens is 188 g/mol. The molecule has 0 heterocycles. The topological polar surface area (TPSA) is 26.3 Å². The van der Waals surface area contributed by atoms with Crippen LogP contribution >= 0.6 is 11.6 Å². The van der Waals surface area contributed by atoms with E-state index >= 15 is 0 Å². The fourth-order valence-corrected chi connectivity index (χ4v) is 1.03. The number of aldehydes is 1. The van der Waals surface area contributed by atoms with E-state index in [-0.39, 0.29) is 6.61 Å². The van der Waals surface area contributed by atoms with Gasteiger partial charge in [-0.25, -0.2) is 0 Å². The molecule has 0 fully saturated rings. The third-order valence-electron chi connectivity index (χ3n) is 1.42. The van der Waals surface area contributed by atoms with E-state index in [0.717, 1.165) is 0 Å². The highest BCUT2D eigenvalue weighted by Crippen LogP contribution is 2.20. The van der Waals surface area contributed by atoms with Crippen LogP contribution in [0.4, 0.5) is 0 Å². The van der Waals surface area contributed by atoms with Crippen LogP contribution in [0.2, 0.25) is 5.02 Å². The molecule has 0 saturated heterocycles. The Morgan fingerprint density at radius 3 is 2.92 bits per heavy atom. The molecule has 1 aromatic rings. The van der Waals surface area contributed by atoms with Gasteiger partial charge in [0, 0.05) is 5.56 Å². The number of halogens is 1. The lowest BCUT2D eigenvalue weighted by molar-refractivity contribution is 0.112. The van der Waals surface area contributed by atoms with Crippen LogP contribution in [-0.2, 0) is 0 Å². The van der Waals surface area contributed by atoms with Gasteiger partial charge in [-0.3, -0.25) is 4.79 Å². The van der Waals surface area contributed by atoms with E-state index in [2.05, 4.69) is 5.92 Å². The third kappa shape index (κ3) is 2.50. The Labute approximate surface area is 81.5 Å². The maximum absolute atomic E-state index is 10.4. The van der Waals surface area contributed by atoms with Crippen molar-refractivity contribution in [2.45, 2.75) is 0 Å². The molecule has 0 aliphatic heterocycles. The van der Waals surface area contributed by atoms with Crippen molar-refractivity contribution in [1.82, 2.24) is 0 Å². The summed E-state index contributed by atoms with van der Waals surface area (Å²) in [5.74, 6) is 2.89. The summed E-state index contributed by atoms with van der Waals surface area (Å²) in [5, 5.41) is 0.365. The van der Waals surface area contributed by atoms with Gasteiger partial charge in [-0.2, -0.15) is 0 Å². The third-order valence-corrected chi connectivity index (χ3v) is 1.75. The molecule has 2 nitrogen and oxygen atoms in total. The molecule has 0 saturated carbocycles. The van der Waals surface area contributed by atoms with E-state index < -0.39 is 0 Å². The minimum Gasteiger partial charge on any atom is -0.481 e. The minimum atomic E-state index is 0.191. The highest BCUT2D eigenvalue weighted by Gasteiger charge is 2.00. The Kier molecular flexibility index (Phi) is 3.36. The summed E-state index contributed by atoms with van der Waals surface area (Å²) < 4.78 is 5.10. The summed E-state index contributed by atoms with van der Waals surface area (Å²) >= 11 is 5.75. The Morgan fingerprint density at radius 1 is 1.62 bits per heavy atom. The summed E-state index contributed by atoms with van der Waals surface area (Å²) in [7, 11) is 0. The lowest BCUT2D eigenvalue weighted by Crippen LogP contribution is -1.93. The van der Waals surface area contributed by atoms with Gasteiger partial charge < -0.3 is 4.74 Å². The first-order valence-corrected chi connectivity index (χ1v) is 3.96. The van der Waals surface area contributed by atoms with Gasteiger partial charge in [0.15, 0.2) is 6.29 Å². The first-order chi connectivity index (χ1) is 6.27. The average Bonchev–Trinajstić information content (AvgIpc) is 2.15. The zero-order valence-electron chi connectivity index (χ0n) is 6.79. The number of carbonyl (C=O) groups is 1. The Morgan fingerprint density at radius 2 is 2.38 bits per heavy atom. The van der Waals surface area contributed by atoms with Crippen LogP contribution in [0, 0.1) is 12.3 Å². The highest BCUT2D eigenvalue weighted by atomic mass is 35.5. The molecular formula is C10H7ClO2. The second-order valence-corrected chi connectivity index (χ2v) is 2.70. The zero-order chi connectivity index (χ0) is 9.68. The largest absolute Gasteiger partial charge is 0.481 e.